The number of para-hydroxylation sites is 2. The molecule has 29 heavy (non-hydrogen) atoms. The van der Waals surface area contributed by atoms with E-state index < -0.39 is 10.0 Å². The number of nitrogens with one attached hydrogen (secondary N) is 1. The molecule has 0 amide bonds. The van der Waals surface area contributed by atoms with Crippen molar-refractivity contribution in [3.05, 3.63) is 85.1 Å². The van der Waals surface area contributed by atoms with Crippen molar-refractivity contribution in [2.75, 3.05) is 11.8 Å². The summed E-state index contributed by atoms with van der Waals surface area (Å²) in [6.45, 7) is 0. The Balaban J connectivity index is 1.57. The van der Waals surface area contributed by atoms with Crippen molar-refractivity contribution in [3.63, 3.8) is 0 Å². The van der Waals surface area contributed by atoms with Crippen molar-refractivity contribution in [1.29, 1.82) is 0 Å². The molecule has 3 aromatic carbocycles. The first kappa shape index (κ1) is 18.8. The second-order valence-corrected chi connectivity index (χ2v) is 7.91. The molecular formula is C22H18N2O4S. The van der Waals surface area contributed by atoms with Crippen LogP contribution in [0.15, 0.2) is 94.4 Å². The molecule has 4 rings (SSSR count). The van der Waals surface area contributed by atoms with E-state index in [0.29, 0.717) is 28.7 Å². The van der Waals surface area contributed by atoms with E-state index in [1.807, 2.05) is 30.3 Å². The lowest BCUT2D eigenvalue weighted by Crippen LogP contribution is -2.13. The number of anilines is 1. The van der Waals surface area contributed by atoms with Gasteiger partial charge in [0, 0.05) is 11.1 Å². The van der Waals surface area contributed by atoms with Crippen LogP contribution in [-0.2, 0) is 10.0 Å². The smallest absolute Gasteiger partial charge is 0.262 e. The maximum atomic E-state index is 12.7. The van der Waals surface area contributed by atoms with Gasteiger partial charge in [-0.15, -0.1) is 0 Å². The first-order valence-corrected chi connectivity index (χ1v) is 10.3. The summed E-state index contributed by atoms with van der Waals surface area (Å²) in [5.74, 6) is 1.52. The molecule has 0 atom stereocenters. The molecule has 146 valence electrons. The fourth-order valence-corrected chi connectivity index (χ4v) is 3.92. The standard InChI is InChI=1S/C22H18N2O4S/c1-27-20-10-6-5-9-19(20)24-29(25,26)18-13-11-17(12-14-18)22-23-15-21(28-22)16-7-3-2-4-8-16/h2-15,24H,1H3. The van der Waals surface area contributed by atoms with Crippen LogP contribution in [0.2, 0.25) is 0 Å². The van der Waals surface area contributed by atoms with E-state index in [9.17, 15) is 8.42 Å². The van der Waals surface area contributed by atoms with Gasteiger partial charge < -0.3 is 9.15 Å². The number of ether oxygens (including phenoxy) is 1. The normalized spacial score (nSPS) is 11.2. The van der Waals surface area contributed by atoms with Crippen LogP contribution in [0.1, 0.15) is 0 Å². The van der Waals surface area contributed by atoms with Gasteiger partial charge in [0.25, 0.3) is 10.0 Å². The number of aromatic nitrogens is 1. The summed E-state index contributed by atoms with van der Waals surface area (Å²) in [6, 6.07) is 22.8. The van der Waals surface area contributed by atoms with Crippen molar-refractivity contribution < 1.29 is 17.6 Å². The zero-order valence-electron chi connectivity index (χ0n) is 15.6. The van der Waals surface area contributed by atoms with E-state index in [4.69, 9.17) is 9.15 Å². The monoisotopic (exact) mass is 406 g/mol. The molecule has 0 aliphatic heterocycles. The van der Waals surface area contributed by atoms with Gasteiger partial charge in [-0.05, 0) is 36.4 Å². The highest BCUT2D eigenvalue weighted by Crippen LogP contribution is 2.28. The third-order valence-electron chi connectivity index (χ3n) is 4.33. The van der Waals surface area contributed by atoms with E-state index in [1.165, 1.54) is 19.2 Å². The second kappa shape index (κ2) is 7.81. The number of hydrogen-bond donors (Lipinski definition) is 1. The Morgan fingerprint density at radius 2 is 1.55 bits per heavy atom. The molecule has 0 aliphatic rings. The molecular weight excluding hydrogens is 388 g/mol. The molecule has 4 aromatic rings. The number of nitrogens with zero attached hydrogens (tertiary/aromatic N) is 1. The lowest BCUT2D eigenvalue weighted by atomic mass is 10.2. The van der Waals surface area contributed by atoms with Gasteiger partial charge in [0.05, 0.1) is 23.9 Å². The van der Waals surface area contributed by atoms with Crippen molar-refractivity contribution in [1.82, 2.24) is 4.98 Å². The van der Waals surface area contributed by atoms with E-state index in [1.54, 1.807) is 42.6 Å². The van der Waals surface area contributed by atoms with Gasteiger partial charge in [0.2, 0.25) is 5.89 Å². The van der Waals surface area contributed by atoms with Gasteiger partial charge in [-0.3, -0.25) is 4.72 Å². The highest BCUT2D eigenvalue weighted by Gasteiger charge is 2.17. The molecule has 0 radical (unpaired) electrons. The summed E-state index contributed by atoms with van der Waals surface area (Å²) in [6.07, 6.45) is 1.65. The molecule has 0 spiro atoms. The summed E-state index contributed by atoms with van der Waals surface area (Å²) < 4.78 is 39.0. The maximum Gasteiger partial charge on any atom is 0.262 e. The summed E-state index contributed by atoms with van der Waals surface area (Å²) in [5, 5.41) is 0. The van der Waals surface area contributed by atoms with Crippen LogP contribution < -0.4 is 9.46 Å². The molecule has 0 bridgehead atoms. The van der Waals surface area contributed by atoms with Gasteiger partial charge in [-0.2, -0.15) is 0 Å². The van der Waals surface area contributed by atoms with Gasteiger partial charge in [-0.1, -0.05) is 42.5 Å². The number of oxazole rings is 1. The van der Waals surface area contributed by atoms with Crippen LogP contribution in [0.3, 0.4) is 0 Å². The van der Waals surface area contributed by atoms with Crippen molar-refractivity contribution >= 4 is 15.7 Å². The fourth-order valence-electron chi connectivity index (χ4n) is 2.85. The number of sulfonamides is 1. The third-order valence-corrected chi connectivity index (χ3v) is 5.71. The van der Waals surface area contributed by atoms with Crippen LogP contribution in [0.25, 0.3) is 22.8 Å². The molecule has 7 heteroatoms. The SMILES string of the molecule is COc1ccccc1NS(=O)(=O)c1ccc(-c2ncc(-c3ccccc3)o2)cc1. The predicted octanol–water partition coefficient (Wildman–Crippen LogP) is 4.82. The minimum atomic E-state index is -3.76. The topological polar surface area (TPSA) is 81.4 Å². The Kier molecular flexibility index (Phi) is 5.05. The fraction of sp³-hybridized carbons (Fsp3) is 0.0455. The van der Waals surface area contributed by atoms with Gasteiger partial charge >= 0.3 is 0 Å². The lowest BCUT2D eigenvalue weighted by molar-refractivity contribution is 0.417. The Morgan fingerprint density at radius 3 is 2.28 bits per heavy atom. The van der Waals surface area contributed by atoms with Crippen molar-refractivity contribution in [3.8, 4) is 28.5 Å². The Labute approximate surface area is 168 Å². The molecule has 1 N–H and O–H groups in total. The zero-order chi connectivity index (χ0) is 20.3. The first-order valence-electron chi connectivity index (χ1n) is 8.84. The predicted molar refractivity (Wildman–Crippen MR) is 111 cm³/mol. The van der Waals surface area contributed by atoms with Gasteiger partial charge in [0.15, 0.2) is 5.76 Å². The molecule has 6 nitrogen and oxygen atoms in total. The molecule has 0 unspecified atom stereocenters. The number of methoxy groups -OCH3 is 1. The Hall–Kier alpha value is -3.58. The molecule has 0 aliphatic carbocycles. The molecule has 0 fully saturated rings. The van der Waals surface area contributed by atoms with E-state index in [-0.39, 0.29) is 4.90 Å². The van der Waals surface area contributed by atoms with E-state index >= 15 is 0 Å². The highest BCUT2D eigenvalue weighted by atomic mass is 32.2. The average molecular weight is 406 g/mol. The molecule has 1 heterocycles. The van der Waals surface area contributed by atoms with Crippen molar-refractivity contribution in [2.24, 2.45) is 0 Å². The third kappa shape index (κ3) is 4.00. The second-order valence-electron chi connectivity index (χ2n) is 6.23. The zero-order valence-corrected chi connectivity index (χ0v) is 16.4. The van der Waals surface area contributed by atoms with Gasteiger partial charge in [-0.25, -0.2) is 13.4 Å². The Morgan fingerprint density at radius 1 is 0.862 bits per heavy atom. The highest BCUT2D eigenvalue weighted by molar-refractivity contribution is 7.92. The molecule has 1 aromatic heterocycles. The number of rotatable bonds is 6. The average Bonchev–Trinajstić information content (AvgIpc) is 3.25. The van der Waals surface area contributed by atoms with Crippen LogP contribution in [0.5, 0.6) is 5.75 Å². The minimum Gasteiger partial charge on any atom is -0.495 e. The lowest BCUT2D eigenvalue weighted by Gasteiger charge is -2.11. The summed E-state index contributed by atoms with van der Waals surface area (Å²) in [4.78, 5) is 4.42. The first-order chi connectivity index (χ1) is 14.1. The maximum absolute atomic E-state index is 12.7. The summed E-state index contributed by atoms with van der Waals surface area (Å²) in [7, 11) is -2.28. The summed E-state index contributed by atoms with van der Waals surface area (Å²) in [5.41, 5.74) is 1.98. The van der Waals surface area contributed by atoms with Crippen molar-refractivity contribution in [2.45, 2.75) is 4.90 Å². The molecule has 0 saturated heterocycles. The molecule has 0 saturated carbocycles. The van der Waals surface area contributed by atoms with Crippen LogP contribution in [-0.4, -0.2) is 20.5 Å². The van der Waals surface area contributed by atoms with Crippen LogP contribution >= 0.6 is 0 Å². The van der Waals surface area contributed by atoms with Gasteiger partial charge in [0.1, 0.15) is 5.75 Å². The summed E-state index contributed by atoms with van der Waals surface area (Å²) >= 11 is 0. The van der Waals surface area contributed by atoms with E-state index in [2.05, 4.69) is 9.71 Å². The number of benzene rings is 3. The van der Waals surface area contributed by atoms with Crippen LogP contribution in [0.4, 0.5) is 5.69 Å². The van der Waals surface area contributed by atoms with Crippen LogP contribution in [0, 0.1) is 0 Å². The minimum absolute atomic E-state index is 0.127. The van der Waals surface area contributed by atoms with E-state index in [0.717, 1.165) is 5.56 Å². The Bertz CT molecular complexity index is 1220. The number of hydrogen-bond acceptors (Lipinski definition) is 5. The largest absolute Gasteiger partial charge is 0.495 e. The quantitative estimate of drug-likeness (QED) is 0.497.